The lowest BCUT2D eigenvalue weighted by molar-refractivity contribution is -0.145. The molecule has 0 spiro atoms. The minimum atomic E-state index is -0.761. The van der Waals surface area contributed by atoms with Crippen LogP contribution in [0.15, 0.2) is 0 Å². The molecule has 1 amide bonds. The molecule has 0 saturated carbocycles. The zero-order chi connectivity index (χ0) is 13.9. The highest BCUT2D eigenvalue weighted by Gasteiger charge is 2.31. The van der Waals surface area contributed by atoms with Gasteiger partial charge in [-0.05, 0) is 47.1 Å². The Morgan fingerprint density at radius 3 is 2.50 bits per heavy atom. The van der Waals surface area contributed by atoms with Crippen LogP contribution in [0, 0.1) is 5.92 Å². The van der Waals surface area contributed by atoms with Crippen LogP contribution in [-0.4, -0.2) is 46.6 Å². The number of carbonyl (C=O) groups excluding carboxylic acids is 1. The molecule has 0 radical (unpaired) electrons. The van der Waals surface area contributed by atoms with Gasteiger partial charge in [-0.15, -0.1) is 0 Å². The van der Waals surface area contributed by atoms with Crippen LogP contribution >= 0.6 is 0 Å². The minimum absolute atomic E-state index is 0.0338. The van der Waals surface area contributed by atoms with Crippen LogP contribution in [-0.2, 0) is 9.59 Å². The summed E-state index contributed by atoms with van der Waals surface area (Å²) in [6.45, 7) is 8.91. The summed E-state index contributed by atoms with van der Waals surface area (Å²) >= 11 is 0. The van der Waals surface area contributed by atoms with Gasteiger partial charge in [-0.3, -0.25) is 14.5 Å². The number of hydrogen-bond donors (Lipinski definition) is 2. The summed E-state index contributed by atoms with van der Waals surface area (Å²) in [4.78, 5) is 25.0. The molecule has 104 valence electrons. The first-order chi connectivity index (χ1) is 8.20. The van der Waals surface area contributed by atoms with Crippen LogP contribution in [0.4, 0.5) is 0 Å². The number of nitrogens with zero attached hydrogens (tertiary/aromatic N) is 1. The molecular formula is C13H24N2O3. The van der Waals surface area contributed by atoms with Crippen molar-refractivity contribution in [1.82, 2.24) is 10.2 Å². The average molecular weight is 256 g/mol. The third-order valence-electron chi connectivity index (χ3n) is 3.23. The molecule has 2 N–H and O–H groups in total. The van der Waals surface area contributed by atoms with Gasteiger partial charge in [0.05, 0.1) is 12.0 Å². The van der Waals surface area contributed by atoms with E-state index in [-0.39, 0.29) is 23.4 Å². The second-order valence-electron chi connectivity index (χ2n) is 6.09. The van der Waals surface area contributed by atoms with Crippen molar-refractivity contribution < 1.29 is 14.7 Å². The summed E-state index contributed by atoms with van der Waals surface area (Å²) in [6, 6.07) is -0.272. The van der Waals surface area contributed by atoms with E-state index < -0.39 is 5.97 Å². The van der Waals surface area contributed by atoms with Gasteiger partial charge in [-0.2, -0.15) is 0 Å². The van der Waals surface area contributed by atoms with Crippen LogP contribution in [0.25, 0.3) is 0 Å². The van der Waals surface area contributed by atoms with Crippen molar-refractivity contribution in [3.05, 3.63) is 0 Å². The van der Waals surface area contributed by atoms with Gasteiger partial charge >= 0.3 is 5.97 Å². The molecule has 0 aliphatic carbocycles. The topological polar surface area (TPSA) is 69.6 Å². The Morgan fingerprint density at radius 2 is 2.00 bits per heavy atom. The Bertz CT molecular complexity index is 323. The number of carboxylic acids is 1. The van der Waals surface area contributed by atoms with Crippen LogP contribution in [0.3, 0.4) is 0 Å². The van der Waals surface area contributed by atoms with E-state index >= 15 is 0 Å². The molecule has 0 bridgehead atoms. The lowest BCUT2D eigenvalue weighted by Gasteiger charge is -2.35. The summed E-state index contributed by atoms with van der Waals surface area (Å²) in [5.74, 6) is -1.14. The summed E-state index contributed by atoms with van der Waals surface area (Å²) in [5.41, 5.74) is -0.257. The number of amides is 1. The quantitative estimate of drug-likeness (QED) is 0.793. The summed E-state index contributed by atoms with van der Waals surface area (Å²) in [5, 5.41) is 12.0. The van der Waals surface area contributed by atoms with Gasteiger partial charge in [0.15, 0.2) is 0 Å². The molecule has 5 heteroatoms. The first-order valence-corrected chi connectivity index (χ1v) is 6.49. The fourth-order valence-electron chi connectivity index (χ4n) is 2.20. The molecule has 0 aromatic rings. The van der Waals surface area contributed by atoms with E-state index in [1.165, 1.54) is 0 Å². The third kappa shape index (κ3) is 4.29. The van der Waals surface area contributed by atoms with Crippen molar-refractivity contribution in [1.29, 1.82) is 0 Å². The maximum Gasteiger partial charge on any atom is 0.307 e. The number of likely N-dealkylation sites (tertiary alicyclic amines) is 1. The number of carbonyl (C=O) groups is 2. The largest absolute Gasteiger partial charge is 0.481 e. The van der Waals surface area contributed by atoms with Crippen LogP contribution < -0.4 is 5.32 Å². The van der Waals surface area contributed by atoms with E-state index in [9.17, 15) is 9.59 Å². The van der Waals surface area contributed by atoms with Crippen molar-refractivity contribution >= 4 is 11.9 Å². The fraction of sp³-hybridized carbons (Fsp3) is 0.846. The summed E-state index contributed by atoms with van der Waals surface area (Å²) in [6.07, 6.45) is 1.55. The highest BCUT2D eigenvalue weighted by atomic mass is 16.4. The van der Waals surface area contributed by atoms with Gasteiger partial charge < -0.3 is 10.4 Å². The maximum absolute atomic E-state index is 12.0. The Kier molecular flexibility index (Phi) is 4.73. The third-order valence-corrected chi connectivity index (χ3v) is 3.23. The number of piperidine rings is 1. The lowest BCUT2D eigenvalue weighted by Crippen LogP contribution is -2.53. The predicted molar refractivity (Wildman–Crippen MR) is 69.3 cm³/mol. The van der Waals surface area contributed by atoms with E-state index in [1.807, 2.05) is 32.6 Å². The minimum Gasteiger partial charge on any atom is -0.481 e. The van der Waals surface area contributed by atoms with E-state index in [0.29, 0.717) is 13.0 Å². The molecule has 2 unspecified atom stereocenters. The molecule has 2 atom stereocenters. The molecule has 18 heavy (non-hydrogen) atoms. The Balaban J connectivity index is 2.58. The molecular weight excluding hydrogens is 232 g/mol. The molecule has 1 heterocycles. The van der Waals surface area contributed by atoms with Gasteiger partial charge in [0, 0.05) is 12.1 Å². The van der Waals surface area contributed by atoms with Crippen molar-refractivity contribution in [2.45, 2.75) is 52.1 Å². The normalized spacial score (nSPS) is 23.4. The Labute approximate surface area is 109 Å². The monoisotopic (exact) mass is 256 g/mol. The van der Waals surface area contributed by atoms with E-state index in [0.717, 1.165) is 13.0 Å². The van der Waals surface area contributed by atoms with E-state index in [2.05, 4.69) is 5.32 Å². The van der Waals surface area contributed by atoms with Crippen molar-refractivity contribution in [2.24, 2.45) is 5.92 Å². The standard InChI is InChI=1S/C13H24N2O3/c1-9(11(16)14-13(2,3)4)15-7-5-6-10(8-15)12(17)18/h9-10H,5-8H2,1-4H3,(H,14,16)(H,17,18). The fourth-order valence-corrected chi connectivity index (χ4v) is 2.20. The number of rotatable bonds is 3. The average Bonchev–Trinajstić information content (AvgIpc) is 2.26. The second-order valence-corrected chi connectivity index (χ2v) is 6.09. The highest BCUT2D eigenvalue weighted by Crippen LogP contribution is 2.19. The molecule has 1 aliphatic rings. The van der Waals surface area contributed by atoms with Gasteiger partial charge in [-0.1, -0.05) is 0 Å². The summed E-state index contributed by atoms with van der Waals surface area (Å²) in [7, 11) is 0. The van der Waals surface area contributed by atoms with Crippen LogP contribution in [0.5, 0.6) is 0 Å². The predicted octanol–water partition coefficient (Wildman–Crippen LogP) is 1.09. The molecule has 1 rings (SSSR count). The molecule has 0 aromatic carbocycles. The molecule has 0 aromatic heterocycles. The highest BCUT2D eigenvalue weighted by molar-refractivity contribution is 5.82. The maximum atomic E-state index is 12.0. The SMILES string of the molecule is CC(C(=O)NC(C)(C)C)N1CCCC(C(=O)O)C1. The lowest BCUT2D eigenvalue weighted by atomic mass is 9.97. The molecule has 1 saturated heterocycles. The van der Waals surface area contributed by atoms with E-state index in [4.69, 9.17) is 5.11 Å². The molecule has 1 aliphatic heterocycles. The van der Waals surface area contributed by atoms with Crippen LogP contribution in [0.2, 0.25) is 0 Å². The zero-order valence-corrected chi connectivity index (χ0v) is 11.7. The van der Waals surface area contributed by atoms with Crippen molar-refractivity contribution in [3.63, 3.8) is 0 Å². The molecule has 5 nitrogen and oxygen atoms in total. The first kappa shape index (κ1) is 15.0. The number of aliphatic carboxylic acids is 1. The smallest absolute Gasteiger partial charge is 0.307 e. The van der Waals surface area contributed by atoms with Crippen LogP contribution in [0.1, 0.15) is 40.5 Å². The summed E-state index contributed by atoms with van der Waals surface area (Å²) < 4.78 is 0. The van der Waals surface area contributed by atoms with Crippen molar-refractivity contribution in [2.75, 3.05) is 13.1 Å². The van der Waals surface area contributed by atoms with Gasteiger partial charge in [0.2, 0.25) is 5.91 Å². The number of hydrogen-bond acceptors (Lipinski definition) is 3. The Morgan fingerprint density at radius 1 is 1.39 bits per heavy atom. The second kappa shape index (κ2) is 5.69. The molecule has 1 fully saturated rings. The van der Waals surface area contributed by atoms with Crippen molar-refractivity contribution in [3.8, 4) is 0 Å². The first-order valence-electron chi connectivity index (χ1n) is 6.49. The number of carboxylic acid groups (broad SMARTS) is 1. The Hall–Kier alpha value is -1.10. The number of nitrogens with one attached hydrogen (secondary N) is 1. The van der Waals surface area contributed by atoms with Gasteiger partial charge in [-0.25, -0.2) is 0 Å². The zero-order valence-electron chi connectivity index (χ0n) is 11.7. The van der Waals surface area contributed by atoms with Gasteiger partial charge in [0.25, 0.3) is 0 Å². The van der Waals surface area contributed by atoms with Gasteiger partial charge in [0.1, 0.15) is 0 Å². The van der Waals surface area contributed by atoms with E-state index in [1.54, 1.807) is 0 Å².